The summed E-state index contributed by atoms with van der Waals surface area (Å²) in [5.41, 5.74) is 3.68. The van der Waals surface area contributed by atoms with Gasteiger partial charge < -0.3 is 5.32 Å². The van der Waals surface area contributed by atoms with Gasteiger partial charge in [0.15, 0.2) is 0 Å². The average molecular weight is 423 g/mol. The summed E-state index contributed by atoms with van der Waals surface area (Å²) in [6.45, 7) is 5.93. The van der Waals surface area contributed by atoms with Gasteiger partial charge in [-0.15, -0.1) is 0 Å². The van der Waals surface area contributed by atoms with Crippen molar-refractivity contribution in [2.75, 3.05) is 0 Å². The lowest BCUT2D eigenvalue weighted by Crippen LogP contribution is -2.31. The van der Waals surface area contributed by atoms with Crippen molar-refractivity contribution < 1.29 is 13.2 Å². The number of sulfonamides is 1. The molecule has 152 valence electrons. The zero-order valence-corrected chi connectivity index (χ0v) is 18.0. The maximum Gasteiger partial charge on any atom is 0.220 e. The maximum absolute atomic E-state index is 12.1. The smallest absolute Gasteiger partial charge is 0.220 e. The van der Waals surface area contributed by atoms with Crippen LogP contribution in [0.1, 0.15) is 42.5 Å². The van der Waals surface area contributed by atoms with Gasteiger partial charge in [-0.25, -0.2) is 13.1 Å². The SMILES string of the molecule is Cc1ccc(CCC(=O)NCc2ccc(CS(=O)(=O)NC(C)C)cc2)cc1Cl. The number of carbonyl (C=O) groups is 1. The number of amides is 1. The van der Waals surface area contributed by atoms with Gasteiger partial charge in [0.2, 0.25) is 15.9 Å². The summed E-state index contributed by atoms with van der Waals surface area (Å²) in [5.74, 6) is -0.0961. The van der Waals surface area contributed by atoms with E-state index >= 15 is 0 Å². The van der Waals surface area contributed by atoms with E-state index in [-0.39, 0.29) is 17.7 Å². The Morgan fingerprint density at radius 1 is 1.04 bits per heavy atom. The zero-order valence-electron chi connectivity index (χ0n) is 16.5. The Kier molecular flexibility index (Phi) is 8.04. The molecule has 0 aliphatic rings. The molecule has 2 rings (SSSR count). The first kappa shape index (κ1) is 22.4. The van der Waals surface area contributed by atoms with Gasteiger partial charge in [-0.05, 0) is 55.5 Å². The van der Waals surface area contributed by atoms with Crippen LogP contribution >= 0.6 is 11.6 Å². The molecule has 0 saturated carbocycles. The highest BCUT2D eigenvalue weighted by molar-refractivity contribution is 7.88. The van der Waals surface area contributed by atoms with E-state index in [9.17, 15) is 13.2 Å². The summed E-state index contributed by atoms with van der Waals surface area (Å²) in [6, 6.07) is 12.9. The first-order chi connectivity index (χ1) is 13.1. The summed E-state index contributed by atoms with van der Waals surface area (Å²) in [4.78, 5) is 12.1. The third-order valence-corrected chi connectivity index (χ3v) is 6.11. The first-order valence-electron chi connectivity index (χ1n) is 9.24. The van der Waals surface area contributed by atoms with Crippen LogP contribution in [0.25, 0.3) is 0 Å². The van der Waals surface area contributed by atoms with Gasteiger partial charge >= 0.3 is 0 Å². The largest absolute Gasteiger partial charge is 0.352 e. The van der Waals surface area contributed by atoms with Crippen molar-refractivity contribution in [3.8, 4) is 0 Å². The molecule has 1 amide bonds. The van der Waals surface area contributed by atoms with E-state index < -0.39 is 10.0 Å². The lowest BCUT2D eigenvalue weighted by molar-refractivity contribution is -0.121. The van der Waals surface area contributed by atoms with E-state index in [1.165, 1.54) is 0 Å². The zero-order chi connectivity index (χ0) is 20.7. The highest BCUT2D eigenvalue weighted by Crippen LogP contribution is 2.17. The van der Waals surface area contributed by atoms with Crippen LogP contribution in [0.3, 0.4) is 0 Å². The second-order valence-corrected chi connectivity index (χ2v) is 9.37. The summed E-state index contributed by atoms with van der Waals surface area (Å²) in [6.07, 6.45) is 1.02. The molecule has 0 saturated heterocycles. The topological polar surface area (TPSA) is 75.3 Å². The Morgan fingerprint density at radius 3 is 2.25 bits per heavy atom. The number of hydrogen-bond donors (Lipinski definition) is 2. The third kappa shape index (κ3) is 7.62. The molecular weight excluding hydrogens is 396 g/mol. The summed E-state index contributed by atoms with van der Waals surface area (Å²) in [5, 5.41) is 3.60. The molecule has 0 fully saturated rings. The molecule has 0 aliphatic carbocycles. The van der Waals surface area contributed by atoms with Gasteiger partial charge in [0.05, 0.1) is 5.75 Å². The molecule has 0 aromatic heterocycles. The highest BCUT2D eigenvalue weighted by Gasteiger charge is 2.12. The van der Waals surface area contributed by atoms with Crippen molar-refractivity contribution in [3.63, 3.8) is 0 Å². The number of benzene rings is 2. The van der Waals surface area contributed by atoms with Crippen molar-refractivity contribution in [1.29, 1.82) is 0 Å². The van der Waals surface area contributed by atoms with Crippen molar-refractivity contribution in [2.45, 2.75) is 52.0 Å². The van der Waals surface area contributed by atoms with Crippen LogP contribution in [0.2, 0.25) is 5.02 Å². The maximum atomic E-state index is 12.1. The van der Waals surface area contributed by atoms with E-state index in [4.69, 9.17) is 11.6 Å². The lowest BCUT2D eigenvalue weighted by atomic mass is 10.1. The van der Waals surface area contributed by atoms with E-state index in [2.05, 4.69) is 10.0 Å². The molecule has 2 aromatic rings. The normalized spacial score (nSPS) is 11.6. The number of hydrogen-bond acceptors (Lipinski definition) is 3. The van der Waals surface area contributed by atoms with Crippen LogP contribution in [0, 0.1) is 6.92 Å². The predicted octanol–water partition coefficient (Wildman–Crippen LogP) is 3.73. The van der Waals surface area contributed by atoms with Crippen molar-refractivity contribution in [1.82, 2.24) is 10.0 Å². The van der Waals surface area contributed by atoms with Gasteiger partial charge in [0.25, 0.3) is 0 Å². The van der Waals surface area contributed by atoms with Crippen LogP contribution in [-0.2, 0) is 33.5 Å². The van der Waals surface area contributed by atoms with Crippen LogP contribution in [0.5, 0.6) is 0 Å². The van der Waals surface area contributed by atoms with E-state index in [1.54, 1.807) is 26.0 Å². The molecule has 5 nitrogen and oxygen atoms in total. The second-order valence-electron chi connectivity index (χ2n) is 7.21. The standard InChI is InChI=1S/C21H27ClN2O3S/c1-15(2)24-28(26,27)14-19-8-6-18(7-9-19)13-23-21(25)11-10-17-5-4-16(3)20(22)12-17/h4-9,12,15,24H,10-11,13-14H2,1-3H3,(H,23,25). The van der Waals surface area contributed by atoms with E-state index in [0.717, 1.165) is 16.7 Å². The molecule has 0 unspecified atom stereocenters. The number of nitrogens with one attached hydrogen (secondary N) is 2. The molecule has 2 N–H and O–H groups in total. The molecular formula is C21H27ClN2O3S. The summed E-state index contributed by atoms with van der Waals surface area (Å²) in [7, 11) is -3.34. The third-order valence-electron chi connectivity index (χ3n) is 4.16. The lowest BCUT2D eigenvalue weighted by Gasteiger charge is -2.10. The highest BCUT2D eigenvalue weighted by atomic mass is 35.5. The molecule has 0 heterocycles. The van der Waals surface area contributed by atoms with Crippen LogP contribution in [0.4, 0.5) is 0 Å². The fourth-order valence-electron chi connectivity index (χ4n) is 2.71. The Bertz CT molecular complexity index is 910. The van der Waals surface area contributed by atoms with E-state index in [0.29, 0.717) is 30.0 Å². The molecule has 0 radical (unpaired) electrons. The number of carbonyl (C=O) groups excluding carboxylic acids is 1. The molecule has 28 heavy (non-hydrogen) atoms. The van der Waals surface area contributed by atoms with Crippen molar-refractivity contribution in [2.24, 2.45) is 0 Å². The summed E-state index contributed by atoms with van der Waals surface area (Å²) >= 11 is 6.11. The predicted molar refractivity (Wildman–Crippen MR) is 114 cm³/mol. The van der Waals surface area contributed by atoms with Crippen molar-refractivity contribution in [3.05, 3.63) is 69.7 Å². The molecule has 0 spiro atoms. The van der Waals surface area contributed by atoms with Crippen molar-refractivity contribution >= 4 is 27.5 Å². The van der Waals surface area contributed by atoms with Crippen LogP contribution in [0.15, 0.2) is 42.5 Å². The van der Waals surface area contributed by atoms with Crippen LogP contribution in [-0.4, -0.2) is 20.4 Å². The van der Waals surface area contributed by atoms with Gasteiger partial charge in [0.1, 0.15) is 0 Å². The monoisotopic (exact) mass is 422 g/mol. The Morgan fingerprint density at radius 2 is 1.64 bits per heavy atom. The fourth-order valence-corrected chi connectivity index (χ4v) is 4.35. The van der Waals surface area contributed by atoms with Gasteiger partial charge in [-0.1, -0.05) is 48.0 Å². The number of aryl methyl sites for hydroxylation is 2. The molecule has 0 aliphatic heterocycles. The van der Waals surface area contributed by atoms with E-state index in [1.807, 2.05) is 37.3 Å². The minimum atomic E-state index is -3.34. The fraction of sp³-hybridized carbons (Fsp3) is 0.381. The van der Waals surface area contributed by atoms with Gasteiger partial charge in [-0.2, -0.15) is 0 Å². The number of halogens is 1. The van der Waals surface area contributed by atoms with Crippen LogP contribution < -0.4 is 10.0 Å². The number of rotatable bonds is 9. The Labute approximate surface area is 172 Å². The van der Waals surface area contributed by atoms with Gasteiger partial charge in [-0.3, -0.25) is 4.79 Å². The molecule has 0 atom stereocenters. The molecule has 2 aromatic carbocycles. The Balaban J connectivity index is 1.80. The molecule has 7 heteroatoms. The summed E-state index contributed by atoms with van der Waals surface area (Å²) < 4.78 is 26.5. The molecule has 0 bridgehead atoms. The van der Waals surface area contributed by atoms with Gasteiger partial charge in [0, 0.05) is 24.0 Å². The quantitative estimate of drug-likeness (QED) is 0.646. The first-order valence-corrected chi connectivity index (χ1v) is 11.3. The minimum absolute atomic E-state index is 0.0375. The second kappa shape index (κ2) is 10.0. The minimum Gasteiger partial charge on any atom is -0.352 e. The Hall–Kier alpha value is -1.89. The average Bonchev–Trinajstić information content (AvgIpc) is 2.60.